The number of hydrogen-bond acceptors (Lipinski definition) is 0. The van der Waals surface area contributed by atoms with Crippen molar-refractivity contribution in [3.05, 3.63) is 42.2 Å². The van der Waals surface area contributed by atoms with Gasteiger partial charge in [-0.1, -0.05) is 48.6 Å². The van der Waals surface area contributed by atoms with Gasteiger partial charge in [0.15, 0.2) is 0 Å². The topological polar surface area (TPSA) is 0 Å². The van der Waals surface area contributed by atoms with E-state index >= 15 is 0 Å². The molecule has 1 saturated carbocycles. The molecule has 0 nitrogen and oxygen atoms in total. The second kappa shape index (κ2) is 3.51. The quantitative estimate of drug-likeness (QED) is 0.611. The first kappa shape index (κ1) is 8.68. The number of rotatable bonds is 1. The van der Waals surface area contributed by atoms with Crippen molar-refractivity contribution >= 4 is 13.2 Å². The Morgan fingerprint density at radius 1 is 1.07 bits per heavy atom. The highest BCUT2D eigenvalue weighted by Crippen LogP contribution is 2.56. The summed E-state index contributed by atoms with van der Waals surface area (Å²) >= 11 is 0. The highest BCUT2D eigenvalue weighted by Gasteiger charge is 2.35. The SMILES string of the molecule is C1=CP(c2ccccc2)[C@H]2CCC[C@@H]12. The van der Waals surface area contributed by atoms with Crippen LogP contribution < -0.4 is 5.30 Å². The Labute approximate surface area is 86.8 Å². The molecule has 0 saturated heterocycles. The zero-order chi connectivity index (χ0) is 9.38. The van der Waals surface area contributed by atoms with Gasteiger partial charge in [-0.25, -0.2) is 0 Å². The second-order valence-corrected chi connectivity index (χ2v) is 6.54. The van der Waals surface area contributed by atoms with Gasteiger partial charge in [-0.2, -0.15) is 0 Å². The Morgan fingerprint density at radius 3 is 2.79 bits per heavy atom. The fourth-order valence-electron chi connectivity index (χ4n) is 2.73. The average Bonchev–Trinajstić information content (AvgIpc) is 2.79. The first-order valence-electron chi connectivity index (χ1n) is 5.47. The Bertz CT molecular complexity index is 342. The number of benzene rings is 1. The molecule has 1 aliphatic heterocycles. The molecule has 0 amide bonds. The zero-order valence-electron chi connectivity index (χ0n) is 8.26. The van der Waals surface area contributed by atoms with Crippen LogP contribution >= 0.6 is 7.92 Å². The average molecular weight is 202 g/mol. The highest BCUT2D eigenvalue weighted by molar-refractivity contribution is 7.69. The van der Waals surface area contributed by atoms with Gasteiger partial charge in [-0.15, -0.1) is 0 Å². The lowest BCUT2D eigenvalue weighted by atomic mass is 10.1. The van der Waals surface area contributed by atoms with E-state index in [1.54, 1.807) is 5.30 Å². The summed E-state index contributed by atoms with van der Waals surface area (Å²) < 4.78 is 0. The lowest BCUT2D eigenvalue weighted by Gasteiger charge is -2.19. The molecule has 1 heterocycles. The van der Waals surface area contributed by atoms with E-state index < -0.39 is 0 Å². The summed E-state index contributed by atoms with van der Waals surface area (Å²) in [5, 5.41) is 1.58. The van der Waals surface area contributed by atoms with Gasteiger partial charge >= 0.3 is 0 Å². The minimum atomic E-state index is 0.0388. The van der Waals surface area contributed by atoms with Crippen molar-refractivity contribution in [2.75, 3.05) is 0 Å². The van der Waals surface area contributed by atoms with Crippen molar-refractivity contribution < 1.29 is 0 Å². The van der Waals surface area contributed by atoms with E-state index in [-0.39, 0.29) is 7.92 Å². The fourth-order valence-corrected chi connectivity index (χ4v) is 5.55. The summed E-state index contributed by atoms with van der Waals surface area (Å²) in [5.41, 5.74) is 0.979. The molecule has 3 rings (SSSR count). The third kappa shape index (κ3) is 1.33. The smallest absolute Gasteiger partial charge is 0.00713 e. The molecule has 0 aromatic heterocycles. The molecule has 1 unspecified atom stereocenters. The minimum Gasteiger partial charge on any atom is -0.0800 e. The molecule has 1 aromatic rings. The summed E-state index contributed by atoms with van der Waals surface area (Å²) in [7, 11) is 0.0388. The first-order valence-corrected chi connectivity index (χ1v) is 6.95. The van der Waals surface area contributed by atoms with Crippen molar-refractivity contribution in [2.24, 2.45) is 5.92 Å². The Hall–Kier alpha value is -0.610. The van der Waals surface area contributed by atoms with Crippen LogP contribution in [0.1, 0.15) is 19.3 Å². The van der Waals surface area contributed by atoms with Crippen LogP contribution in [0.25, 0.3) is 0 Å². The Balaban J connectivity index is 1.90. The molecule has 0 radical (unpaired) electrons. The number of hydrogen-bond donors (Lipinski definition) is 0. The highest BCUT2D eigenvalue weighted by atomic mass is 31.1. The van der Waals surface area contributed by atoms with E-state index in [2.05, 4.69) is 42.2 Å². The lowest BCUT2D eigenvalue weighted by Crippen LogP contribution is -2.10. The monoisotopic (exact) mass is 202 g/mol. The molecule has 0 spiro atoms. The minimum absolute atomic E-state index is 0.0388. The maximum absolute atomic E-state index is 2.50. The third-order valence-electron chi connectivity index (χ3n) is 3.44. The predicted molar refractivity (Wildman–Crippen MR) is 63.3 cm³/mol. The summed E-state index contributed by atoms with van der Waals surface area (Å²) in [6.45, 7) is 0. The second-order valence-electron chi connectivity index (χ2n) is 4.25. The molecule has 0 bridgehead atoms. The summed E-state index contributed by atoms with van der Waals surface area (Å²) in [4.78, 5) is 0. The number of allylic oxidation sites excluding steroid dienone is 1. The molecule has 1 fully saturated rings. The van der Waals surface area contributed by atoms with Gasteiger partial charge in [-0.3, -0.25) is 0 Å². The summed E-state index contributed by atoms with van der Waals surface area (Å²) in [6, 6.07) is 11.1. The van der Waals surface area contributed by atoms with Crippen molar-refractivity contribution in [2.45, 2.75) is 24.9 Å². The van der Waals surface area contributed by atoms with Crippen LogP contribution in [-0.4, -0.2) is 5.66 Å². The van der Waals surface area contributed by atoms with Crippen LogP contribution in [0.2, 0.25) is 0 Å². The maximum Gasteiger partial charge on any atom is -0.00713 e. The van der Waals surface area contributed by atoms with Gasteiger partial charge < -0.3 is 0 Å². The molecule has 0 N–H and O–H groups in total. The fraction of sp³-hybridized carbons (Fsp3) is 0.385. The third-order valence-corrected chi connectivity index (χ3v) is 6.18. The number of fused-ring (bicyclic) bond motifs is 1. The molecule has 3 atom stereocenters. The molecule has 1 aromatic carbocycles. The molecular formula is C13H15P. The van der Waals surface area contributed by atoms with Crippen LogP contribution in [0.5, 0.6) is 0 Å². The summed E-state index contributed by atoms with van der Waals surface area (Å²) in [5.74, 6) is 3.42. The van der Waals surface area contributed by atoms with Gasteiger partial charge in [0, 0.05) is 0 Å². The standard InChI is InChI=1S/C13H15P/c1-2-6-12(7-3-1)14-10-9-11-5-4-8-13(11)14/h1-3,6-7,9-11,13H,4-5,8H2/t11-,13-,14?/m0/s1. The summed E-state index contributed by atoms with van der Waals surface area (Å²) in [6.07, 6.45) is 6.83. The van der Waals surface area contributed by atoms with E-state index in [1.165, 1.54) is 19.3 Å². The zero-order valence-corrected chi connectivity index (χ0v) is 9.16. The largest absolute Gasteiger partial charge is 0.0800 e. The maximum atomic E-state index is 2.50. The molecule has 14 heavy (non-hydrogen) atoms. The molecule has 2 aliphatic rings. The lowest BCUT2D eigenvalue weighted by molar-refractivity contribution is 0.706. The molecular weight excluding hydrogens is 187 g/mol. The first-order chi connectivity index (χ1) is 6.95. The van der Waals surface area contributed by atoms with Crippen molar-refractivity contribution in [1.82, 2.24) is 0 Å². The normalized spacial score (nSPS) is 34.7. The van der Waals surface area contributed by atoms with E-state index in [9.17, 15) is 0 Å². The molecule has 1 heteroatoms. The van der Waals surface area contributed by atoms with Crippen molar-refractivity contribution in [1.29, 1.82) is 0 Å². The van der Waals surface area contributed by atoms with Crippen LogP contribution in [0.15, 0.2) is 42.2 Å². The van der Waals surface area contributed by atoms with E-state index in [0.717, 1.165) is 11.6 Å². The van der Waals surface area contributed by atoms with Crippen LogP contribution in [0, 0.1) is 5.92 Å². The van der Waals surface area contributed by atoms with E-state index in [0.29, 0.717) is 0 Å². The van der Waals surface area contributed by atoms with E-state index in [1.807, 2.05) is 0 Å². The van der Waals surface area contributed by atoms with Gasteiger partial charge in [0.25, 0.3) is 0 Å². The molecule has 1 aliphatic carbocycles. The van der Waals surface area contributed by atoms with E-state index in [4.69, 9.17) is 0 Å². The van der Waals surface area contributed by atoms with Gasteiger partial charge in [-0.05, 0) is 37.6 Å². The molecule has 72 valence electrons. The van der Waals surface area contributed by atoms with Crippen molar-refractivity contribution in [3.63, 3.8) is 0 Å². The van der Waals surface area contributed by atoms with Gasteiger partial charge in [0.1, 0.15) is 0 Å². The van der Waals surface area contributed by atoms with Gasteiger partial charge in [0.2, 0.25) is 0 Å². The van der Waals surface area contributed by atoms with Crippen molar-refractivity contribution in [3.8, 4) is 0 Å². The van der Waals surface area contributed by atoms with Gasteiger partial charge in [0.05, 0.1) is 0 Å². The van der Waals surface area contributed by atoms with Crippen LogP contribution in [0.4, 0.5) is 0 Å². The van der Waals surface area contributed by atoms with Crippen LogP contribution in [0.3, 0.4) is 0 Å². The van der Waals surface area contributed by atoms with Crippen LogP contribution in [-0.2, 0) is 0 Å². The Kier molecular flexibility index (Phi) is 2.18. The Morgan fingerprint density at radius 2 is 1.93 bits per heavy atom. The predicted octanol–water partition coefficient (Wildman–Crippen LogP) is 3.49.